The smallest absolute Gasteiger partial charge is 0.283 e. The van der Waals surface area contributed by atoms with Gasteiger partial charge in [0.05, 0.1) is 5.56 Å². The molecule has 1 saturated carbocycles. The first-order chi connectivity index (χ1) is 14.3. The number of rotatable bonds is 5. The van der Waals surface area contributed by atoms with Crippen molar-refractivity contribution < 1.29 is 22.7 Å². The highest BCUT2D eigenvalue weighted by atomic mass is 19.2. The maximum Gasteiger partial charge on any atom is 0.283 e. The molecule has 4 rings (SSSR count). The van der Waals surface area contributed by atoms with Crippen LogP contribution in [0.3, 0.4) is 0 Å². The van der Waals surface area contributed by atoms with Crippen LogP contribution >= 0.6 is 0 Å². The van der Waals surface area contributed by atoms with Crippen molar-refractivity contribution in [1.82, 2.24) is 4.98 Å². The highest BCUT2D eigenvalue weighted by Gasteiger charge is 2.60. The Morgan fingerprint density at radius 1 is 1.40 bits per heavy atom. The summed E-state index contributed by atoms with van der Waals surface area (Å²) in [5, 5.41) is 8.92. The lowest BCUT2D eigenvalue weighted by molar-refractivity contribution is 0.0987. The molecular weight excluding hydrogens is 397 g/mol. The SMILES string of the molecule is Cc1cc(C#N)cnc1C(=O)Cc1cc(F)c(F)c([C@]2(CF)N=C(N)O[C@H]3C[C@H]32)c1. The predicted molar refractivity (Wildman–Crippen MR) is 100 cm³/mol. The molecule has 2 aliphatic rings. The quantitative estimate of drug-likeness (QED) is 0.758. The molecule has 2 N–H and O–H groups in total. The minimum Gasteiger partial charge on any atom is -0.462 e. The van der Waals surface area contributed by atoms with E-state index in [9.17, 15) is 18.0 Å². The van der Waals surface area contributed by atoms with Crippen LogP contribution in [0.15, 0.2) is 29.4 Å². The number of nitrogens with two attached hydrogens (primary N) is 1. The van der Waals surface area contributed by atoms with Gasteiger partial charge in [-0.3, -0.25) is 9.78 Å². The van der Waals surface area contributed by atoms with Crippen molar-refractivity contribution in [3.63, 3.8) is 0 Å². The van der Waals surface area contributed by atoms with Crippen LogP contribution in [0.25, 0.3) is 0 Å². The second kappa shape index (κ2) is 7.13. The van der Waals surface area contributed by atoms with Crippen molar-refractivity contribution in [2.75, 3.05) is 6.67 Å². The second-order valence-electron chi connectivity index (χ2n) is 7.55. The summed E-state index contributed by atoms with van der Waals surface area (Å²) in [6, 6.07) is 5.33. The average Bonchev–Trinajstić information content (AvgIpc) is 3.49. The van der Waals surface area contributed by atoms with Gasteiger partial charge >= 0.3 is 0 Å². The Morgan fingerprint density at radius 3 is 2.83 bits per heavy atom. The Morgan fingerprint density at radius 2 is 2.17 bits per heavy atom. The number of benzene rings is 1. The Labute approximate surface area is 170 Å². The molecule has 154 valence electrons. The molecule has 0 radical (unpaired) electrons. The number of fused-ring (bicyclic) bond motifs is 1. The number of alkyl halides is 1. The van der Waals surface area contributed by atoms with Crippen LogP contribution in [0.4, 0.5) is 13.2 Å². The van der Waals surface area contributed by atoms with E-state index in [-0.39, 0.29) is 29.3 Å². The Kier molecular flexibility index (Phi) is 4.73. The summed E-state index contributed by atoms with van der Waals surface area (Å²) in [5.41, 5.74) is 4.73. The van der Waals surface area contributed by atoms with Gasteiger partial charge in [0.15, 0.2) is 17.4 Å². The number of aryl methyl sites for hydroxylation is 1. The van der Waals surface area contributed by atoms with Gasteiger partial charge in [0, 0.05) is 24.1 Å². The standard InChI is InChI=1S/C21H17F3N4O2/c1-10-2-12(7-25)8-27-19(10)16(29)5-11-3-14(18(24)15(23)4-11)21(9-22)13-6-17(13)30-20(26)28-21/h2-4,8,13,17H,5-6,9H2,1H3,(H2,26,28)/t13-,17+,21-/m1/s1. The van der Waals surface area contributed by atoms with Gasteiger partial charge in [-0.1, -0.05) is 0 Å². The molecule has 2 aromatic rings. The monoisotopic (exact) mass is 414 g/mol. The molecule has 30 heavy (non-hydrogen) atoms. The number of Topliss-reactive ketones (excluding diaryl/α,β-unsaturated/α-hetero) is 1. The summed E-state index contributed by atoms with van der Waals surface area (Å²) in [6.45, 7) is 0.546. The van der Waals surface area contributed by atoms with Crippen molar-refractivity contribution >= 4 is 11.8 Å². The highest BCUT2D eigenvalue weighted by molar-refractivity contribution is 5.97. The number of nitrogens with zero attached hydrogens (tertiary/aromatic N) is 3. The molecule has 1 aromatic carbocycles. The molecule has 0 amide bonds. The number of hydrogen-bond acceptors (Lipinski definition) is 6. The normalized spacial score (nSPS) is 24.3. The molecule has 1 aliphatic carbocycles. The zero-order valence-corrected chi connectivity index (χ0v) is 16.0. The second-order valence-corrected chi connectivity index (χ2v) is 7.55. The van der Waals surface area contributed by atoms with E-state index in [1.54, 1.807) is 6.92 Å². The molecule has 9 heteroatoms. The molecule has 0 saturated heterocycles. The average molecular weight is 414 g/mol. The minimum atomic E-state index is -1.68. The fraction of sp³-hybridized carbons (Fsp3) is 0.333. The molecule has 2 heterocycles. The number of ether oxygens (including phenoxy) is 1. The number of halogens is 3. The topological polar surface area (TPSA) is 101 Å². The third kappa shape index (κ3) is 3.18. The van der Waals surface area contributed by atoms with Crippen LogP contribution in [-0.2, 0) is 16.7 Å². The maximum absolute atomic E-state index is 14.7. The van der Waals surface area contributed by atoms with Gasteiger partial charge in [-0.25, -0.2) is 18.2 Å². The van der Waals surface area contributed by atoms with E-state index in [2.05, 4.69) is 9.98 Å². The third-order valence-electron chi connectivity index (χ3n) is 5.52. The molecule has 0 unspecified atom stereocenters. The minimum absolute atomic E-state index is 0.121. The van der Waals surface area contributed by atoms with Crippen molar-refractivity contribution in [3.8, 4) is 6.07 Å². The van der Waals surface area contributed by atoms with Crippen LogP contribution in [-0.4, -0.2) is 29.6 Å². The molecular formula is C21H17F3N4O2. The summed E-state index contributed by atoms with van der Waals surface area (Å²) in [7, 11) is 0. The van der Waals surface area contributed by atoms with E-state index >= 15 is 0 Å². The number of nitriles is 1. The van der Waals surface area contributed by atoms with Gasteiger partial charge in [0.25, 0.3) is 6.02 Å². The molecule has 6 nitrogen and oxygen atoms in total. The summed E-state index contributed by atoms with van der Waals surface area (Å²) >= 11 is 0. The van der Waals surface area contributed by atoms with Crippen molar-refractivity contribution in [2.24, 2.45) is 16.6 Å². The summed E-state index contributed by atoms with van der Waals surface area (Å²) in [4.78, 5) is 20.7. The number of carbonyl (C=O) groups is 1. The van der Waals surface area contributed by atoms with Crippen LogP contribution in [0.2, 0.25) is 0 Å². The molecule has 1 aliphatic heterocycles. The summed E-state index contributed by atoms with van der Waals surface area (Å²) in [6.07, 6.45) is 1.02. The number of aromatic nitrogens is 1. The van der Waals surface area contributed by atoms with E-state index in [0.717, 1.165) is 6.07 Å². The highest BCUT2D eigenvalue weighted by Crippen LogP contribution is 2.53. The number of pyridine rings is 1. The molecule has 1 aromatic heterocycles. The zero-order valence-electron chi connectivity index (χ0n) is 16.0. The Bertz CT molecular complexity index is 1130. The zero-order chi connectivity index (χ0) is 21.6. The summed E-state index contributed by atoms with van der Waals surface area (Å²) in [5.74, 6) is -3.33. The largest absolute Gasteiger partial charge is 0.462 e. The van der Waals surface area contributed by atoms with Crippen molar-refractivity contribution in [3.05, 3.63) is 64.0 Å². The lowest BCUT2D eigenvalue weighted by Crippen LogP contribution is -2.40. The van der Waals surface area contributed by atoms with Crippen molar-refractivity contribution in [2.45, 2.75) is 31.4 Å². The van der Waals surface area contributed by atoms with E-state index in [0.29, 0.717) is 17.5 Å². The van der Waals surface area contributed by atoms with Crippen LogP contribution in [0.5, 0.6) is 0 Å². The van der Waals surface area contributed by atoms with E-state index in [4.69, 9.17) is 15.7 Å². The fourth-order valence-electron chi connectivity index (χ4n) is 3.99. The fourth-order valence-corrected chi connectivity index (χ4v) is 3.99. The van der Waals surface area contributed by atoms with Gasteiger partial charge in [-0.2, -0.15) is 5.26 Å². The lowest BCUT2D eigenvalue weighted by Gasteiger charge is -2.31. The Balaban J connectivity index is 1.72. The van der Waals surface area contributed by atoms with Gasteiger partial charge in [0.2, 0.25) is 0 Å². The number of amidine groups is 1. The predicted octanol–water partition coefficient (Wildman–Crippen LogP) is 2.86. The maximum atomic E-state index is 14.7. The van der Waals surface area contributed by atoms with Crippen LogP contribution in [0.1, 0.15) is 39.2 Å². The van der Waals surface area contributed by atoms with Gasteiger partial charge < -0.3 is 10.5 Å². The molecule has 0 bridgehead atoms. The van der Waals surface area contributed by atoms with Crippen LogP contribution in [0, 0.1) is 35.8 Å². The Hall–Kier alpha value is -3.41. The number of hydrogen-bond donors (Lipinski definition) is 1. The molecule has 1 fully saturated rings. The van der Waals surface area contributed by atoms with Crippen LogP contribution < -0.4 is 5.73 Å². The van der Waals surface area contributed by atoms with E-state index < -0.39 is 41.7 Å². The summed E-state index contributed by atoms with van der Waals surface area (Å²) < 4.78 is 48.5. The van der Waals surface area contributed by atoms with Gasteiger partial charge in [-0.15, -0.1) is 0 Å². The number of aliphatic imine (C=N–C) groups is 1. The first kappa shape index (κ1) is 19.9. The van der Waals surface area contributed by atoms with E-state index in [1.807, 2.05) is 6.07 Å². The van der Waals surface area contributed by atoms with Gasteiger partial charge in [0.1, 0.15) is 30.1 Å². The number of carbonyl (C=O) groups excluding carboxylic acids is 1. The number of ketones is 1. The van der Waals surface area contributed by atoms with Crippen molar-refractivity contribution in [1.29, 1.82) is 5.26 Å². The van der Waals surface area contributed by atoms with Gasteiger partial charge in [-0.05, 0) is 42.7 Å². The lowest BCUT2D eigenvalue weighted by atomic mass is 9.84. The first-order valence-electron chi connectivity index (χ1n) is 9.25. The first-order valence-corrected chi connectivity index (χ1v) is 9.25. The molecule has 3 atom stereocenters. The van der Waals surface area contributed by atoms with E-state index in [1.165, 1.54) is 18.3 Å². The molecule has 0 spiro atoms. The third-order valence-corrected chi connectivity index (χ3v) is 5.52.